The maximum atomic E-state index is 12.8. The molecule has 2 amide bonds. The molecule has 2 aromatic rings. The van der Waals surface area contributed by atoms with Crippen LogP contribution >= 0.6 is 0 Å². The van der Waals surface area contributed by atoms with Crippen molar-refractivity contribution in [3.63, 3.8) is 0 Å². The largest absolute Gasteiger partial charge is 0.492 e. The van der Waals surface area contributed by atoms with Crippen LogP contribution < -0.4 is 15.4 Å². The van der Waals surface area contributed by atoms with Crippen molar-refractivity contribution in [3.05, 3.63) is 65.7 Å². The van der Waals surface area contributed by atoms with E-state index in [0.717, 1.165) is 44.2 Å². The summed E-state index contributed by atoms with van der Waals surface area (Å²) in [6, 6.07) is 16.0. The van der Waals surface area contributed by atoms with Crippen LogP contribution in [0.3, 0.4) is 0 Å². The number of ether oxygens (including phenoxy) is 2. The van der Waals surface area contributed by atoms with Crippen LogP contribution in [0.2, 0.25) is 0 Å². The monoisotopic (exact) mass is 439 g/mol. The first-order chi connectivity index (χ1) is 15.5. The molecule has 2 N–H and O–H groups in total. The van der Waals surface area contributed by atoms with Crippen molar-refractivity contribution in [2.24, 2.45) is 5.92 Å². The Labute approximate surface area is 190 Å². The lowest BCUT2D eigenvalue weighted by Gasteiger charge is -2.26. The Hall–Kier alpha value is -2.90. The highest BCUT2D eigenvalue weighted by atomic mass is 16.5. The SMILES string of the molecule is CC(C)C(NC(=O)c1ccccc1)C(=O)NCc1cccc(OCCN2CCOCC2)c1. The zero-order valence-electron chi connectivity index (χ0n) is 18.9. The number of benzene rings is 2. The van der Waals surface area contributed by atoms with Crippen molar-refractivity contribution in [3.8, 4) is 5.75 Å². The van der Waals surface area contributed by atoms with Gasteiger partial charge in [0, 0.05) is 31.7 Å². The molecule has 1 atom stereocenters. The van der Waals surface area contributed by atoms with Crippen LogP contribution in [0.4, 0.5) is 0 Å². The average Bonchev–Trinajstić information content (AvgIpc) is 2.82. The summed E-state index contributed by atoms with van der Waals surface area (Å²) in [6.45, 7) is 9.09. The minimum absolute atomic E-state index is 0.0440. The molecule has 0 bridgehead atoms. The third-order valence-corrected chi connectivity index (χ3v) is 5.42. The second-order valence-electron chi connectivity index (χ2n) is 8.23. The number of carbonyl (C=O) groups excluding carboxylic acids is 2. The first kappa shape index (κ1) is 23.8. The second kappa shape index (κ2) is 12.2. The van der Waals surface area contributed by atoms with E-state index in [4.69, 9.17) is 9.47 Å². The van der Waals surface area contributed by atoms with E-state index in [2.05, 4.69) is 15.5 Å². The van der Waals surface area contributed by atoms with E-state index < -0.39 is 6.04 Å². The molecule has 0 aliphatic carbocycles. The Kier molecular flexibility index (Phi) is 9.07. The van der Waals surface area contributed by atoms with Gasteiger partial charge in [-0.15, -0.1) is 0 Å². The minimum Gasteiger partial charge on any atom is -0.492 e. The van der Waals surface area contributed by atoms with E-state index in [9.17, 15) is 9.59 Å². The molecule has 0 spiro atoms. The lowest BCUT2D eigenvalue weighted by Crippen LogP contribution is -2.49. The maximum absolute atomic E-state index is 12.8. The summed E-state index contributed by atoms with van der Waals surface area (Å²) < 4.78 is 11.3. The lowest BCUT2D eigenvalue weighted by atomic mass is 10.0. The standard InChI is InChI=1S/C25H33N3O4/c1-19(2)23(27-24(29)21-8-4-3-5-9-21)25(30)26-18-20-7-6-10-22(17-20)32-16-13-28-11-14-31-15-12-28/h3-10,17,19,23H,11-16,18H2,1-2H3,(H,26,30)(H,27,29). The second-order valence-corrected chi connectivity index (χ2v) is 8.23. The van der Waals surface area contributed by atoms with Gasteiger partial charge in [0.15, 0.2) is 0 Å². The molecule has 1 saturated heterocycles. The topological polar surface area (TPSA) is 79.9 Å². The van der Waals surface area contributed by atoms with Crippen LogP contribution in [0.25, 0.3) is 0 Å². The van der Waals surface area contributed by atoms with Crippen LogP contribution in [0.5, 0.6) is 5.75 Å². The molecule has 7 nitrogen and oxygen atoms in total. The molecule has 1 unspecified atom stereocenters. The van der Waals surface area contributed by atoms with Gasteiger partial charge >= 0.3 is 0 Å². The quantitative estimate of drug-likeness (QED) is 0.595. The Balaban J connectivity index is 1.48. The van der Waals surface area contributed by atoms with Crippen molar-refractivity contribution < 1.29 is 19.1 Å². The molecule has 1 fully saturated rings. The summed E-state index contributed by atoms with van der Waals surface area (Å²) in [7, 11) is 0. The van der Waals surface area contributed by atoms with Gasteiger partial charge in [-0.1, -0.05) is 44.2 Å². The summed E-state index contributed by atoms with van der Waals surface area (Å²) in [4.78, 5) is 27.6. The van der Waals surface area contributed by atoms with Crippen LogP contribution in [0, 0.1) is 5.92 Å². The number of carbonyl (C=O) groups is 2. The molecule has 0 radical (unpaired) electrons. The van der Waals surface area contributed by atoms with Gasteiger partial charge in [-0.25, -0.2) is 0 Å². The fourth-order valence-electron chi connectivity index (χ4n) is 3.51. The minimum atomic E-state index is -0.615. The van der Waals surface area contributed by atoms with Crippen molar-refractivity contribution in [1.82, 2.24) is 15.5 Å². The van der Waals surface area contributed by atoms with E-state index in [1.807, 2.05) is 44.2 Å². The molecule has 172 valence electrons. The van der Waals surface area contributed by atoms with Crippen molar-refractivity contribution in [2.75, 3.05) is 39.5 Å². The summed E-state index contributed by atoms with van der Waals surface area (Å²) in [5.74, 6) is 0.276. The predicted molar refractivity (Wildman–Crippen MR) is 124 cm³/mol. The van der Waals surface area contributed by atoms with E-state index in [1.165, 1.54) is 0 Å². The highest BCUT2D eigenvalue weighted by Gasteiger charge is 2.24. The average molecular weight is 440 g/mol. The Morgan fingerprint density at radius 1 is 1.06 bits per heavy atom. The number of hydrogen-bond acceptors (Lipinski definition) is 5. The molecule has 1 aliphatic rings. The molecule has 0 aromatic heterocycles. The fraction of sp³-hybridized carbons (Fsp3) is 0.440. The van der Waals surface area contributed by atoms with Gasteiger partial charge in [-0.2, -0.15) is 0 Å². The molecule has 1 heterocycles. The van der Waals surface area contributed by atoms with Gasteiger partial charge in [0.2, 0.25) is 5.91 Å². The van der Waals surface area contributed by atoms with Gasteiger partial charge in [0.05, 0.1) is 13.2 Å². The van der Waals surface area contributed by atoms with Crippen LogP contribution in [-0.4, -0.2) is 62.2 Å². The summed E-state index contributed by atoms with van der Waals surface area (Å²) in [6.07, 6.45) is 0. The third kappa shape index (κ3) is 7.35. The predicted octanol–water partition coefficient (Wildman–Crippen LogP) is 2.47. The Morgan fingerprint density at radius 3 is 2.53 bits per heavy atom. The third-order valence-electron chi connectivity index (χ3n) is 5.42. The van der Waals surface area contributed by atoms with Crippen LogP contribution in [0.1, 0.15) is 29.8 Å². The molecule has 0 saturated carbocycles. The van der Waals surface area contributed by atoms with Crippen molar-refractivity contribution >= 4 is 11.8 Å². The molecule has 1 aliphatic heterocycles. The highest BCUT2D eigenvalue weighted by molar-refractivity contribution is 5.97. The number of rotatable bonds is 10. The van der Waals surface area contributed by atoms with Crippen LogP contribution in [0.15, 0.2) is 54.6 Å². The summed E-state index contributed by atoms with van der Waals surface area (Å²) >= 11 is 0. The van der Waals surface area contributed by atoms with E-state index in [1.54, 1.807) is 24.3 Å². The zero-order chi connectivity index (χ0) is 22.8. The van der Waals surface area contributed by atoms with E-state index >= 15 is 0 Å². The van der Waals surface area contributed by atoms with E-state index in [0.29, 0.717) is 18.7 Å². The van der Waals surface area contributed by atoms with Gasteiger partial charge in [0.1, 0.15) is 18.4 Å². The highest BCUT2D eigenvalue weighted by Crippen LogP contribution is 2.14. The fourth-order valence-corrected chi connectivity index (χ4v) is 3.51. The van der Waals surface area contributed by atoms with E-state index in [-0.39, 0.29) is 17.7 Å². The molecule has 32 heavy (non-hydrogen) atoms. The zero-order valence-corrected chi connectivity index (χ0v) is 18.9. The number of amides is 2. The molecule has 3 rings (SSSR count). The van der Waals surface area contributed by atoms with Crippen molar-refractivity contribution in [2.45, 2.75) is 26.4 Å². The first-order valence-corrected chi connectivity index (χ1v) is 11.2. The number of hydrogen-bond donors (Lipinski definition) is 2. The smallest absolute Gasteiger partial charge is 0.251 e. The molecule has 7 heteroatoms. The lowest BCUT2D eigenvalue weighted by molar-refractivity contribution is -0.124. The number of nitrogens with zero attached hydrogens (tertiary/aromatic N) is 1. The maximum Gasteiger partial charge on any atom is 0.251 e. The number of morpholine rings is 1. The molecular weight excluding hydrogens is 406 g/mol. The van der Waals surface area contributed by atoms with Crippen LogP contribution in [-0.2, 0) is 16.1 Å². The summed E-state index contributed by atoms with van der Waals surface area (Å²) in [5, 5.41) is 5.79. The Morgan fingerprint density at radius 2 is 1.81 bits per heavy atom. The normalized spacial score (nSPS) is 15.2. The number of nitrogens with one attached hydrogen (secondary N) is 2. The summed E-state index contributed by atoms with van der Waals surface area (Å²) in [5.41, 5.74) is 1.48. The molecular formula is C25H33N3O4. The molecule has 2 aromatic carbocycles. The van der Waals surface area contributed by atoms with Gasteiger partial charge < -0.3 is 20.1 Å². The van der Waals surface area contributed by atoms with Gasteiger partial charge in [0.25, 0.3) is 5.91 Å². The first-order valence-electron chi connectivity index (χ1n) is 11.2. The van der Waals surface area contributed by atoms with Gasteiger partial charge in [-0.05, 0) is 35.7 Å². The van der Waals surface area contributed by atoms with Crippen molar-refractivity contribution in [1.29, 1.82) is 0 Å². The Bertz CT molecular complexity index is 867. The van der Waals surface area contributed by atoms with Gasteiger partial charge in [-0.3, -0.25) is 14.5 Å².